The summed E-state index contributed by atoms with van der Waals surface area (Å²) in [5, 5.41) is 6.07. The van der Waals surface area contributed by atoms with E-state index in [9.17, 15) is 9.59 Å². The molecule has 21 heavy (non-hydrogen) atoms. The van der Waals surface area contributed by atoms with E-state index in [0.717, 1.165) is 10.7 Å². The van der Waals surface area contributed by atoms with Crippen LogP contribution in [0, 0.1) is 6.92 Å². The van der Waals surface area contributed by atoms with Gasteiger partial charge in [0.1, 0.15) is 0 Å². The zero-order valence-corrected chi connectivity index (χ0v) is 12.4. The van der Waals surface area contributed by atoms with Crippen molar-refractivity contribution >= 4 is 28.8 Å². The molecule has 3 rings (SSSR count). The first-order valence-electron chi connectivity index (χ1n) is 6.71. The molecule has 0 aliphatic carbocycles. The highest BCUT2D eigenvalue weighted by Crippen LogP contribution is 2.22. The topological polar surface area (TPSA) is 62.3 Å². The van der Waals surface area contributed by atoms with Crippen molar-refractivity contribution in [2.45, 2.75) is 25.9 Å². The fourth-order valence-electron chi connectivity index (χ4n) is 2.36. The molecule has 1 fully saturated rings. The highest BCUT2D eigenvalue weighted by Gasteiger charge is 2.39. The fourth-order valence-corrected chi connectivity index (χ4v) is 2.97. The Hall–Kier alpha value is -2.05. The van der Waals surface area contributed by atoms with Crippen molar-refractivity contribution in [3.8, 4) is 0 Å². The predicted molar refractivity (Wildman–Crippen MR) is 81.0 cm³/mol. The van der Waals surface area contributed by atoms with Gasteiger partial charge in [-0.15, -0.1) is 11.3 Å². The number of imide groups is 1. The van der Waals surface area contributed by atoms with Gasteiger partial charge in [-0.25, -0.2) is 9.88 Å². The smallest absolute Gasteiger partial charge is 0.251 e. The van der Waals surface area contributed by atoms with Crippen LogP contribution in [0.15, 0.2) is 35.7 Å². The van der Waals surface area contributed by atoms with Crippen molar-refractivity contribution in [2.24, 2.45) is 0 Å². The third-order valence-electron chi connectivity index (χ3n) is 3.36. The van der Waals surface area contributed by atoms with Crippen LogP contribution in [0.5, 0.6) is 0 Å². The third kappa shape index (κ3) is 2.86. The molecule has 0 radical (unpaired) electrons. The molecule has 0 bridgehead atoms. The molecule has 1 atom stereocenters. The Morgan fingerprint density at radius 2 is 2.10 bits per heavy atom. The number of rotatable bonds is 4. The van der Waals surface area contributed by atoms with Gasteiger partial charge in [0.2, 0.25) is 5.91 Å². The molecule has 0 spiro atoms. The van der Waals surface area contributed by atoms with Crippen LogP contribution in [0.2, 0.25) is 0 Å². The van der Waals surface area contributed by atoms with Crippen molar-refractivity contribution in [3.63, 3.8) is 0 Å². The lowest BCUT2D eigenvalue weighted by Gasteiger charge is -2.15. The number of hydrogen-bond donors (Lipinski definition) is 1. The van der Waals surface area contributed by atoms with Gasteiger partial charge in [0.25, 0.3) is 5.91 Å². The summed E-state index contributed by atoms with van der Waals surface area (Å²) in [5.41, 5.74) is 1.53. The minimum atomic E-state index is -0.472. The molecule has 1 saturated heterocycles. The molecule has 1 unspecified atom stereocenters. The molecular formula is C15H15N3O2S. The van der Waals surface area contributed by atoms with Gasteiger partial charge in [0.05, 0.1) is 28.9 Å². The zero-order valence-electron chi connectivity index (χ0n) is 11.6. The number of carbonyl (C=O) groups is 2. The molecular weight excluding hydrogens is 286 g/mol. The van der Waals surface area contributed by atoms with Gasteiger partial charge in [-0.05, 0) is 19.1 Å². The van der Waals surface area contributed by atoms with E-state index in [1.807, 2.05) is 30.5 Å². The number of para-hydroxylation sites is 1. The number of carbonyl (C=O) groups excluding carboxylic acids is 2. The number of hydrogen-bond acceptors (Lipinski definition) is 5. The van der Waals surface area contributed by atoms with Crippen LogP contribution >= 0.6 is 11.3 Å². The summed E-state index contributed by atoms with van der Waals surface area (Å²) in [7, 11) is 0. The minimum Gasteiger partial charge on any atom is -0.300 e. The zero-order chi connectivity index (χ0) is 14.8. The number of aryl methyl sites for hydroxylation is 1. The molecule has 1 N–H and O–H groups in total. The van der Waals surface area contributed by atoms with Gasteiger partial charge >= 0.3 is 0 Å². The van der Waals surface area contributed by atoms with Crippen LogP contribution in [-0.2, 0) is 16.1 Å². The summed E-state index contributed by atoms with van der Waals surface area (Å²) in [6.45, 7) is 2.44. The van der Waals surface area contributed by atoms with Crippen LogP contribution in [-0.4, -0.2) is 22.8 Å². The summed E-state index contributed by atoms with van der Waals surface area (Å²) in [4.78, 5) is 30.0. The van der Waals surface area contributed by atoms with Crippen LogP contribution in [0.4, 0.5) is 5.69 Å². The second-order valence-electron chi connectivity index (χ2n) is 4.90. The maximum Gasteiger partial charge on any atom is 0.251 e. The highest BCUT2D eigenvalue weighted by molar-refractivity contribution is 7.09. The number of thiazole rings is 1. The van der Waals surface area contributed by atoms with E-state index < -0.39 is 6.04 Å². The van der Waals surface area contributed by atoms with Crippen molar-refractivity contribution in [1.82, 2.24) is 10.3 Å². The summed E-state index contributed by atoms with van der Waals surface area (Å²) < 4.78 is 0. The van der Waals surface area contributed by atoms with Crippen LogP contribution in [0.3, 0.4) is 0 Å². The maximum atomic E-state index is 12.4. The number of aromatic nitrogens is 1. The molecule has 0 saturated carbocycles. The summed E-state index contributed by atoms with van der Waals surface area (Å²) >= 11 is 1.57. The maximum absolute atomic E-state index is 12.4. The molecule has 2 aromatic rings. The van der Waals surface area contributed by atoms with Crippen molar-refractivity contribution < 1.29 is 9.59 Å². The molecule has 5 nitrogen and oxygen atoms in total. The molecule has 1 aliphatic heterocycles. The monoisotopic (exact) mass is 301 g/mol. The van der Waals surface area contributed by atoms with Gasteiger partial charge in [0, 0.05) is 11.9 Å². The normalized spacial score (nSPS) is 18.5. The van der Waals surface area contributed by atoms with E-state index in [1.54, 1.807) is 23.5 Å². The van der Waals surface area contributed by atoms with E-state index in [1.165, 1.54) is 4.90 Å². The molecule has 2 amide bonds. The number of benzene rings is 1. The lowest BCUT2D eigenvalue weighted by atomic mass is 10.2. The Bertz CT molecular complexity index is 669. The molecule has 2 heterocycles. The van der Waals surface area contributed by atoms with Gasteiger partial charge in [-0.2, -0.15) is 0 Å². The van der Waals surface area contributed by atoms with Crippen LogP contribution < -0.4 is 10.2 Å². The Kier molecular flexibility index (Phi) is 3.81. The van der Waals surface area contributed by atoms with Crippen LogP contribution in [0.1, 0.15) is 17.1 Å². The minimum absolute atomic E-state index is 0.168. The first-order valence-corrected chi connectivity index (χ1v) is 7.59. The number of anilines is 1. The Morgan fingerprint density at radius 1 is 1.33 bits per heavy atom. The lowest BCUT2D eigenvalue weighted by Crippen LogP contribution is -2.38. The van der Waals surface area contributed by atoms with Crippen molar-refractivity contribution in [1.29, 1.82) is 0 Å². The van der Waals surface area contributed by atoms with Gasteiger partial charge in [-0.1, -0.05) is 18.2 Å². The average Bonchev–Trinajstić information content (AvgIpc) is 3.01. The number of amides is 2. The lowest BCUT2D eigenvalue weighted by molar-refractivity contribution is -0.121. The van der Waals surface area contributed by atoms with Crippen molar-refractivity contribution in [2.75, 3.05) is 4.90 Å². The predicted octanol–water partition coefficient (Wildman–Crippen LogP) is 1.87. The first-order chi connectivity index (χ1) is 10.1. The van der Waals surface area contributed by atoms with E-state index in [-0.39, 0.29) is 18.2 Å². The van der Waals surface area contributed by atoms with E-state index in [0.29, 0.717) is 12.2 Å². The molecule has 1 aliphatic rings. The molecule has 6 heteroatoms. The number of nitrogens with zero attached hydrogens (tertiary/aromatic N) is 2. The average molecular weight is 301 g/mol. The molecule has 108 valence electrons. The van der Waals surface area contributed by atoms with Crippen molar-refractivity contribution in [3.05, 3.63) is 46.4 Å². The second kappa shape index (κ2) is 5.75. The van der Waals surface area contributed by atoms with Gasteiger partial charge < -0.3 is 0 Å². The Balaban J connectivity index is 1.69. The fraction of sp³-hybridized carbons (Fsp3) is 0.267. The Labute approximate surface area is 126 Å². The summed E-state index contributed by atoms with van der Waals surface area (Å²) in [6.07, 6.45) is 0.191. The summed E-state index contributed by atoms with van der Waals surface area (Å²) in [6, 6.07) is 8.54. The molecule has 1 aromatic carbocycles. The third-order valence-corrected chi connectivity index (χ3v) is 4.18. The van der Waals surface area contributed by atoms with Gasteiger partial charge in [0.15, 0.2) is 0 Å². The van der Waals surface area contributed by atoms with Gasteiger partial charge in [-0.3, -0.25) is 14.9 Å². The first kappa shape index (κ1) is 13.9. The van der Waals surface area contributed by atoms with Crippen LogP contribution in [0.25, 0.3) is 0 Å². The Morgan fingerprint density at radius 3 is 2.76 bits per heavy atom. The highest BCUT2D eigenvalue weighted by atomic mass is 32.1. The summed E-state index contributed by atoms with van der Waals surface area (Å²) in [5.74, 6) is -0.365. The molecule has 1 aromatic heterocycles. The van der Waals surface area contributed by atoms with E-state index >= 15 is 0 Å². The SMILES string of the molecule is Cc1nc(CNC2CC(=O)N(c3ccccc3)C2=O)cs1. The second-order valence-corrected chi connectivity index (χ2v) is 5.96. The van der Waals surface area contributed by atoms with E-state index in [4.69, 9.17) is 0 Å². The van der Waals surface area contributed by atoms with E-state index in [2.05, 4.69) is 10.3 Å². The standard InChI is InChI=1S/C15H15N3O2S/c1-10-17-11(9-21-10)8-16-13-7-14(19)18(15(13)20)12-5-3-2-4-6-12/h2-6,9,13,16H,7-8H2,1H3. The number of nitrogens with one attached hydrogen (secondary N) is 1. The quantitative estimate of drug-likeness (QED) is 0.876. The largest absolute Gasteiger partial charge is 0.300 e.